The van der Waals surface area contributed by atoms with Crippen LogP contribution in [0.1, 0.15) is 53.9 Å². The number of piperidine rings is 2. The first-order valence-corrected chi connectivity index (χ1v) is 8.96. The highest BCUT2D eigenvalue weighted by molar-refractivity contribution is 5.77. The number of amides is 1. The van der Waals surface area contributed by atoms with Gasteiger partial charge in [0.15, 0.2) is 0 Å². The number of nitrogens with one attached hydrogen (secondary N) is 1. The number of carbonyl (C=O) groups excluding carboxylic acids is 2. The van der Waals surface area contributed by atoms with Gasteiger partial charge in [0, 0.05) is 18.6 Å². The molecule has 0 radical (unpaired) electrons. The Bertz CT molecular complexity index is 475. The van der Waals surface area contributed by atoms with Crippen molar-refractivity contribution in [3.05, 3.63) is 0 Å². The van der Waals surface area contributed by atoms with Crippen LogP contribution in [0.4, 0.5) is 4.39 Å². The van der Waals surface area contributed by atoms with Crippen LogP contribution < -0.4 is 5.32 Å². The Morgan fingerprint density at radius 1 is 1.33 bits per heavy atom. The summed E-state index contributed by atoms with van der Waals surface area (Å²) in [7, 11) is 0. The summed E-state index contributed by atoms with van der Waals surface area (Å²) in [6.45, 7) is 9.39. The molecule has 2 heterocycles. The van der Waals surface area contributed by atoms with Gasteiger partial charge in [0.1, 0.15) is 6.10 Å². The van der Waals surface area contributed by atoms with Gasteiger partial charge in [-0.15, -0.1) is 0 Å². The largest absolute Gasteiger partial charge is 0.460 e. The van der Waals surface area contributed by atoms with Crippen LogP contribution in [0.25, 0.3) is 0 Å². The molecule has 1 amide bonds. The summed E-state index contributed by atoms with van der Waals surface area (Å²) in [4.78, 5) is 26.4. The Morgan fingerprint density at radius 2 is 2.00 bits per heavy atom. The van der Waals surface area contributed by atoms with E-state index >= 15 is 0 Å². The maximum Gasteiger partial charge on any atom is 0.311 e. The number of halogens is 1. The van der Waals surface area contributed by atoms with Gasteiger partial charge in [-0.25, -0.2) is 0 Å². The number of nitrogens with zero attached hydrogens (tertiary/aromatic N) is 1. The van der Waals surface area contributed by atoms with Crippen molar-refractivity contribution in [1.29, 1.82) is 0 Å². The molecule has 2 bridgehead atoms. The Hall–Kier alpha value is -1.17. The van der Waals surface area contributed by atoms with Crippen LogP contribution in [0.5, 0.6) is 0 Å². The van der Waals surface area contributed by atoms with E-state index in [0.717, 1.165) is 12.8 Å². The molecule has 5 unspecified atom stereocenters. The van der Waals surface area contributed by atoms with E-state index in [1.807, 2.05) is 27.7 Å². The van der Waals surface area contributed by atoms with Crippen molar-refractivity contribution in [2.24, 2.45) is 11.3 Å². The van der Waals surface area contributed by atoms with E-state index in [4.69, 9.17) is 4.74 Å². The molecule has 0 aromatic heterocycles. The fraction of sp³-hybridized carbons (Fsp3) is 0.889. The number of carbonyl (C=O) groups is 2. The molecule has 5 atom stereocenters. The van der Waals surface area contributed by atoms with Crippen molar-refractivity contribution >= 4 is 11.9 Å². The molecule has 2 fully saturated rings. The highest BCUT2D eigenvalue weighted by Gasteiger charge is 2.45. The first-order valence-electron chi connectivity index (χ1n) is 8.96. The first-order chi connectivity index (χ1) is 11.1. The molecular weight excluding hydrogens is 311 g/mol. The molecule has 0 spiro atoms. The molecule has 2 rings (SSSR count). The molecular formula is C18H31FN2O3. The summed E-state index contributed by atoms with van der Waals surface area (Å²) in [6, 6.07) is 0.216. The predicted molar refractivity (Wildman–Crippen MR) is 90.2 cm³/mol. The predicted octanol–water partition coefficient (Wildman–Crippen LogP) is 2.29. The maximum atomic E-state index is 12.7. The van der Waals surface area contributed by atoms with Crippen molar-refractivity contribution in [3.8, 4) is 0 Å². The number of hydrogen-bond donors (Lipinski definition) is 1. The number of likely N-dealkylation sites (tertiary alicyclic amines) is 1. The van der Waals surface area contributed by atoms with Gasteiger partial charge in [-0.1, -0.05) is 0 Å². The zero-order chi connectivity index (χ0) is 18.1. The third kappa shape index (κ3) is 4.26. The van der Waals surface area contributed by atoms with Gasteiger partial charge in [-0.2, -0.15) is 0 Å². The number of fused-ring (bicyclic) bond motifs is 2. The minimum absolute atomic E-state index is 0.0822. The molecule has 5 nitrogen and oxygen atoms in total. The monoisotopic (exact) mass is 342 g/mol. The summed E-state index contributed by atoms with van der Waals surface area (Å²) < 4.78 is 18.4. The van der Waals surface area contributed by atoms with E-state index in [9.17, 15) is 14.0 Å². The van der Waals surface area contributed by atoms with E-state index in [0.29, 0.717) is 18.5 Å². The van der Waals surface area contributed by atoms with E-state index in [-0.39, 0.29) is 30.4 Å². The van der Waals surface area contributed by atoms with Crippen molar-refractivity contribution in [2.75, 3.05) is 13.2 Å². The number of hydrogen-bond acceptors (Lipinski definition) is 4. The summed E-state index contributed by atoms with van der Waals surface area (Å²) in [5.41, 5.74) is -0.591. The molecule has 6 heteroatoms. The molecule has 24 heavy (non-hydrogen) atoms. The quantitative estimate of drug-likeness (QED) is 0.797. The third-order valence-corrected chi connectivity index (χ3v) is 5.01. The zero-order valence-corrected chi connectivity index (χ0v) is 15.5. The molecule has 2 aliphatic heterocycles. The Kier molecular flexibility index (Phi) is 5.89. The normalized spacial score (nSPS) is 31.5. The van der Waals surface area contributed by atoms with Gasteiger partial charge < -0.3 is 15.0 Å². The van der Waals surface area contributed by atoms with Crippen molar-refractivity contribution in [1.82, 2.24) is 10.2 Å². The Labute approximate surface area is 144 Å². The number of rotatable bonds is 4. The minimum Gasteiger partial charge on any atom is -0.460 e. The number of ether oxygens (including phenoxy) is 1. The topological polar surface area (TPSA) is 58.6 Å². The molecule has 0 saturated carbocycles. The van der Waals surface area contributed by atoms with Gasteiger partial charge in [0.2, 0.25) is 5.91 Å². The lowest BCUT2D eigenvalue weighted by molar-refractivity contribution is -0.167. The second-order valence-corrected chi connectivity index (χ2v) is 8.35. The van der Waals surface area contributed by atoms with E-state index < -0.39 is 18.2 Å². The van der Waals surface area contributed by atoms with Gasteiger partial charge in [-0.3, -0.25) is 14.0 Å². The fourth-order valence-electron chi connectivity index (χ4n) is 3.95. The van der Waals surface area contributed by atoms with E-state index in [2.05, 4.69) is 12.2 Å². The van der Waals surface area contributed by atoms with Crippen LogP contribution in [0.2, 0.25) is 0 Å². The number of alkyl halides is 1. The lowest BCUT2D eigenvalue weighted by Crippen LogP contribution is -2.66. The molecule has 138 valence electrons. The van der Waals surface area contributed by atoms with Crippen LogP contribution >= 0.6 is 0 Å². The first kappa shape index (κ1) is 19.2. The van der Waals surface area contributed by atoms with Crippen molar-refractivity contribution in [2.45, 2.75) is 78.1 Å². The van der Waals surface area contributed by atoms with Crippen LogP contribution in [0.15, 0.2) is 0 Å². The molecule has 0 aliphatic carbocycles. The number of esters is 1. The summed E-state index contributed by atoms with van der Waals surface area (Å²) in [5.74, 6) is -0.0392. The zero-order valence-electron chi connectivity index (χ0n) is 15.5. The lowest BCUT2D eigenvalue weighted by Gasteiger charge is -2.51. The highest BCUT2D eigenvalue weighted by Crippen LogP contribution is 2.33. The molecule has 0 aromatic carbocycles. The van der Waals surface area contributed by atoms with Gasteiger partial charge in [-0.05, 0) is 53.4 Å². The second kappa shape index (κ2) is 7.38. The Balaban J connectivity index is 2.19. The molecule has 0 aromatic rings. The average Bonchev–Trinajstić information content (AvgIpc) is 2.44. The van der Waals surface area contributed by atoms with Gasteiger partial charge >= 0.3 is 5.97 Å². The van der Waals surface area contributed by atoms with Crippen LogP contribution in [-0.4, -0.2) is 54.2 Å². The van der Waals surface area contributed by atoms with Crippen LogP contribution in [-0.2, 0) is 14.3 Å². The molecule has 2 saturated heterocycles. The smallest absolute Gasteiger partial charge is 0.311 e. The van der Waals surface area contributed by atoms with Gasteiger partial charge in [0.05, 0.1) is 24.6 Å². The van der Waals surface area contributed by atoms with E-state index in [1.54, 1.807) is 4.90 Å². The highest BCUT2D eigenvalue weighted by atomic mass is 19.1. The summed E-state index contributed by atoms with van der Waals surface area (Å²) >= 11 is 0. The molecule has 1 N–H and O–H groups in total. The fourth-order valence-corrected chi connectivity index (χ4v) is 3.95. The van der Waals surface area contributed by atoms with Crippen LogP contribution in [0, 0.1) is 11.3 Å². The van der Waals surface area contributed by atoms with Crippen molar-refractivity contribution in [3.63, 3.8) is 0 Å². The second-order valence-electron chi connectivity index (χ2n) is 8.35. The summed E-state index contributed by atoms with van der Waals surface area (Å²) in [6.07, 6.45) is 1.44. The average molecular weight is 342 g/mol. The maximum absolute atomic E-state index is 12.7. The third-order valence-electron chi connectivity index (χ3n) is 5.01. The molecule has 2 aliphatic rings. The van der Waals surface area contributed by atoms with Gasteiger partial charge in [0.25, 0.3) is 0 Å². The standard InChI is InChI=1S/C18H31FN2O3/c1-11-8-13-9-14(20-11)16(21(10-13)15(22)6-7-19)12(2)24-17(23)18(3,4)5/h11-14,16,20H,6-10H2,1-5H3. The summed E-state index contributed by atoms with van der Waals surface area (Å²) in [5, 5.41) is 3.54. The lowest BCUT2D eigenvalue weighted by atomic mass is 9.79. The van der Waals surface area contributed by atoms with Crippen LogP contribution in [0.3, 0.4) is 0 Å². The minimum atomic E-state index is -0.655. The van der Waals surface area contributed by atoms with Crippen molar-refractivity contribution < 1.29 is 18.7 Å². The Morgan fingerprint density at radius 3 is 2.58 bits per heavy atom. The SMILES string of the molecule is CC1CC2CC(N1)C(C(C)OC(=O)C(C)(C)C)N(C(=O)CCF)C2. The van der Waals surface area contributed by atoms with E-state index in [1.165, 1.54) is 0 Å².